The normalized spacial score (nSPS) is 26.6. The summed E-state index contributed by atoms with van der Waals surface area (Å²) in [5, 5.41) is 8.05. The van der Waals surface area contributed by atoms with Crippen LogP contribution < -0.4 is 5.32 Å². The molecule has 0 saturated carbocycles. The summed E-state index contributed by atoms with van der Waals surface area (Å²) < 4.78 is 2.05. The van der Waals surface area contributed by atoms with Gasteiger partial charge in [-0.05, 0) is 30.8 Å². The Bertz CT molecular complexity index is 346. The molecule has 0 aliphatic carbocycles. The molecule has 2 aliphatic rings. The first-order chi connectivity index (χ1) is 7.92. The van der Waals surface area contributed by atoms with Crippen molar-refractivity contribution in [3.63, 3.8) is 0 Å². The van der Waals surface area contributed by atoms with Gasteiger partial charge in [-0.1, -0.05) is 0 Å². The van der Waals surface area contributed by atoms with Gasteiger partial charge in [0.2, 0.25) is 0 Å². The van der Waals surface area contributed by atoms with Gasteiger partial charge < -0.3 is 5.32 Å². The minimum absolute atomic E-state index is 0.599. The van der Waals surface area contributed by atoms with Crippen molar-refractivity contribution < 1.29 is 0 Å². The lowest BCUT2D eigenvalue weighted by molar-refractivity contribution is 0.316. The number of fused-ring (bicyclic) bond motifs is 1. The van der Waals surface area contributed by atoms with Crippen molar-refractivity contribution in [2.45, 2.75) is 44.3 Å². The molecule has 1 saturated heterocycles. The van der Waals surface area contributed by atoms with Crippen molar-refractivity contribution in [2.75, 3.05) is 11.5 Å². The van der Waals surface area contributed by atoms with E-state index in [0.717, 1.165) is 24.8 Å². The molecule has 0 spiro atoms. The molecule has 3 rings (SSSR count). The van der Waals surface area contributed by atoms with Crippen molar-refractivity contribution in [2.24, 2.45) is 0 Å². The van der Waals surface area contributed by atoms with E-state index in [1.165, 1.54) is 30.8 Å². The number of nitrogens with zero attached hydrogens (tertiary/aromatic N) is 3. The summed E-state index contributed by atoms with van der Waals surface area (Å²) in [6, 6.07) is 1.33. The predicted molar refractivity (Wildman–Crippen MR) is 65.6 cm³/mol. The summed E-state index contributed by atoms with van der Waals surface area (Å²) >= 11 is 2.08. The van der Waals surface area contributed by atoms with Crippen LogP contribution in [-0.4, -0.2) is 38.4 Å². The van der Waals surface area contributed by atoms with Crippen LogP contribution in [0.15, 0.2) is 6.33 Å². The van der Waals surface area contributed by atoms with E-state index in [1.54, 1.807) is 6.33 Å². The van der Waals surface area contributed by atoms with Crippen LogP contribution >= 0.6 is 11.8 Å². The maximum Gasteiger partial charge on any atom is 0.138 e. The Morgan fingerprint density at radius 2 is 2.12 bits per heavy atom. The topological polar surface area (TPSA) is 42.7 Å². The van der Waals surface area contributed by atoms with Gasteiger partial charge >= 0.3 is 0 Å². The number of thioether (sulfide) groups is 1. The first-order valence-corrected chi connectivity index (χ1v) is 7.28. The lowest BCUT2D eigenvalue weighted by Gasteiger charge is -2.30. The first-order valence-electron chi connectivity index (χ1n) is 6.12. The Morgan fingerprint density at radius 3 is 3.00 bits per heavy atom. The van der Waals surface area contributed by atoms with Gasteiger partial charge in [0, 0.05) is 18.5 Å². The smallest absolute Gasteiger partial charge is 0.138 e. The molecule has 1 aromatic rings. The zero-order valence-electron chi connectivity index (χ0n) is 9.43. The van der Waals surface area contributed by atoms with Crippen molar-refractivity contribution in [3.8, 4) is 0 Å². The van der Waals surface area contributed by atoms with E-state index >= 15 is 0 Å². The molecule has 5 heteroatoms. The molecule has 0 aromatic carbocycles. The van der Waals surface area contributed by atoms with Gasteiger partial charge in [-0.25, -0.2) is 9.67 Å². The number of aromatic nitrogens is 3. The van der Waals surface area contributed by atoms with E-state index in [9.17, 15) is 0 Å². The minimum atomic E-state index is 0.599. The van der Waals surface area contributed by atoms with E-state index in [-0.39, 0.29) is 0 Å². The second kappa shape index (κ2) is 4.75. The summed E-state index contributed by atoms with van der Waals surface area (Å²) in [7, 11) is 0. The third kappa shape index (κ3) is 2.25. The van der Waals surface area contributed by atoms with E-state index < -0.39 is 0 Å². The minimum Gasteiger partial charge on any atom is -0.309 e. The molecule has 1 fully saturated rings. The fourth-order valence-electron chi connectivity index (χ4n) is 2.57. The number of hydrogen-bond donors (Lipinski definition) is 1. The molecule has 1 atom stereocenters. The SMILES string of the molecule is c1nc2n(n1)CC(NC1CCSCC1)CC2. The average molecular weight is 238 g/mol. The van der Waals surface area contributed by atoms with Gasteiger partial charge in [-0.15, -0.1) is 0 Å². The van der Waals surface area contributed by atoms with Gasteiger partial charge in [0.15, 0.2) is 0 Å². The lowest BCUT2D eigenvalue weighted by atomic mass is 10.0. The first kappa shape index (κ1) is 10.6. The molecule has 0 bridgehead atoms. The third-order valence-corrected chi connectivity index (χ3v) is 4.55. The number of nitrogens with one attached hydrogen (secondary N) is 1. The molecular weight excluding hydrogens is 220 g/mol. The van der Waals surface area contributed by atoms with Crippen LogP contribution in [0.25, 0.3) is 0 Å². The van der Waals surface area contributed by atoms with E-state index in [1.807, 2.05) is 0 Å². The summed E-state index contributed by atoms with van der Waals surface area (Å²) in [6.07, 6.45) is 6.60. The Kier molecular flexibility index (Phi) is 3.15. The lowest BCUT2D eigenvalue weighted by Crippen LogP contribution is -2.44. The van der Waals surface area contributed by atoms with Crippen molar-refractivity contribution in [3.05, 3.63) is 12.2 Å². The Labute approximate surface area is 100 Å². The van der Waals surface area contributed by atoms with Gasteiger partial charge in [-0.3, -0.25) is 0 Å². The molecule has 3 heterocycles. The van der Waals surface area contributed by atoms with Crippen LogP contribution in [-0.2, 0) is 13.0 Å². The van der Waals surface area contributed by atoms with E-state index in [0.29, 0.717) is 6.04 Å². The van der Waals surface area contributed by atoms with Gasteiger partial charge in [-0.2, -0.15) is 16.9 Å². The molecular formula is C11H18N4S. The molecule has 16 heavy (non-hydrogen) atoms. The maximum absolute atomic E-state index is 4.26. The molecule has 0 amide bonds. The van der Waals surface area contributed by atoms with E-state index in [2.05, 4.69) is 31.8 Å². The van der Waals surface area contributed by atoms with Crippen LogP contribution in [0.5, 0.6) is 0 Å². The number of aryl methyl sites for hydroxylation is 1. The van der Waals surface area contributed by atoms with Crippen LogP contribution in [0, 0.1) is 0 Å². The van der Waals surface area contributed by atoms with Crippen LogP contribution in [0.2, 0.25) is 0 Å². The Balaban J connectivity index is 1.57. The summed E-state index contributed by atoms with van der Waals surface area (Å²) in [5.74, 6) is 3.79. The highest BCUT2D eigenvalue weighted by molar-refractivity contribution is 7.99. The van der Waals surface area contributed by atoms with Crippen molar-refractivity contribution >= 4 is 11.8 Å². The second-order valence-corrected chi connectivity index (χ2v) is 5.87. The fourth-order valence-corrected chi connectivity index (χ4v) is 3.68. The third-order valence-electron chi connectivity index (χ3n) is 3.50. The molecule has 2 aliphatic heterocycles. The monoisotopic (exact) mass is 238 g/mol. The van der Waals surface area contributed by atoms with Gasteiger partial charge in [0.25, 0.3) is 0 Å². The molecule has 0 radical (unpaired) electrons. The van der Waals surface area contributed by atoms with Gasteiger partial charge in [0.1, 0.15) is 12.2 Å². The average Bonchev–Trinajstić information content (AvgIpc) is 2.77. The zero-order valence-corrected chi connectivity index (χ0v) is 10.2. The van der Waals surface area contributed by atoms with Crippen LogP contribution in [0.3, 0.4) is 0 Å². The summed E-state index contributed by atoms with van der Waals surface area (Å²) in [5.41, 5.74) is 0. The fraction of sp³-hybridized carbons (Fsp3) is 0.818. The van der Waals surface area contributed by atoms with Gasteiger partial charge in [0.05, 0.1) is 6.54 Å². The number of rotatable bonds is 2. The summed E-state index contributed by atoms with van der Waals surface area (Å²) in [4.78, 5) is 4.26. The largest absolute Gasteiger partial charge is 0.309 e. The highest BCUT2D eigenvalue weighted by atomic mass is 32.2. The van der Waals surface area contributed by atoms with Crippen LogP contribution in [0.1, 0.15) is 25.1 Å². The quantitative estimate of drug-likeness (QED) is 0.837. The van der Waals surface area contributed by atoms with E-state index in [4.69, 9.17) is 0 Å². The van der Waals surface area contributed by atoms with Crippen molar-refractivity contribution in [1.29, 1.82) is 0 Å². The number of hydrogen-bond acceptors (Lipinski definition) is 4. The Morgan fingerprint density at radius 1 is 1.25 bits per heavy atom. The molecule has 1 N–H and O–H groups in total. The second-order valence-electron chi connectivity index (χ2n) is 4.65. The Hall–Kier alpha value is -0.550. The molecule has 88 valence electrons. The summed E-state index contributed by atoms with van der Waals surface area (Å²) in [6.45, 7) is 0.999. The van der Waals surface area contributed by atoms with Crippen molar-refractivity contribution in [1.82, 2.24) is 20.1 Å². The maximum atomic E-state index is 4.26. The predicted octanol–water partition coefficient (Wildman–Crippen LogP) is 1.08. The molecule has 1 aromatic heterocycles. The highest BCUT2D eigenvalue weighted by Crippen LogP contribution is 2.19. The van der Waals surface area contributed by atoms with Crippen LogP contribution in [0.4, 0.5) is 0 Å². The molecule has 1 unspecified atom stereocenters. The zero-order chi connectivity index (χ0) is 10.8. The molecule has 4 nitrogen and oxygen atoms in total. The highest BCUT2D eigenvalue weighted by Gasteiger charge is 2.23. The standard InChI is InChI=1S/C11H18N4S/c1-2-11-12-8-13-15(11)7-10(1)14-9-3-5-16-6-4-9/h8-10,14H,1-7H2.